The number of carbonyl (C=O) groups excluding carboxylic acids is 2. The quantitative estimate of drug-likeness (QED) is 0.191. The zero-order chi connectivity index (χ0) is 48.5. The summed E-state index contributed by atoms with van der Waals surface area (Å²) in [4.78, 5) is 26.1. The Balaban J connectivity index is 0.000000260. The summed E-state index contributed by atoms with van der Waals surface area (Å²) in [5.74, 6) is 0. The Labute approximate surface area is 319 Å². The molecule has 0 N–H and O–H groups in total. The van der Waals surface area contributed by atoms with E-state index >= 15 is 0 Å². The molecule has 8 nitrogen and oxygen atoms in total. The first-order chi connectivity index (χ1) is 28.3. The maximum absolute atomic E-state index is 12.7. The van der Waals surface area contributed by atoms with Crippen molar-refractivity contribution < 1.29 is 41.0 Å². The average Bonchev–Trinajstić information content (AvgIpc) is 3.76. The molecule has 2 aliphatic heterocycles. The van der Waals surface area contributed by atoms with E-state index in [0.717, 1.165) is 0 Å². The Morgan fingerprint density at radius 1 is 0.660 bits per heavy atom. The normalized spacial score (nSPS) is 29.1. The predicted molar refractivity (Wildman–Crippen MR) is 200 cm³/mol. The van der Waals surface area contributed by atoms with Crippen molar-refractivity contribution in [2.24, 2.45) is 0 Å². The number of carbonyl (C=O) groups is 2. The van der Waals surface area contributed by atoms with Gasteiger partial charge in [-0.3, -0.25) is 0 Å². The molecule has 2 saturated heterocycles. The van der Waals surface area contributed by atoms with Crippen molar-refractivity contribution in [3.63, 3.8) is 0 Å². The lowest BCUT2D eigenvalue weighted by atomic mass is 10.2. The van der Waals surface area contributed by atoms with Crippen LogP contribution < -0.4 is 9.80 Å². The molecule has 0 bridgehead atoms. The maximum atomic E-state index is 12.7. The summed E-state index contributed by atoms with van der Waals surface area (Å²) in [7, 11) is 0. The summed E-state index contributed by atoms with van der Waals surface area (Å²) in [6.45, 7) is -16.7. The van der Waals surface area contributed by atoms with Gasteiger partial charge < -0.3 is 29.1 Å². The average molecular weight is 738 g/mol. The van der Waals surface area contributed by atoms with Crippen molar-refractivity contribution in [3.8, 4) is 0 Å². The molecular weight excluding hydrogens is 675 g/mol. The monoisotopic (exact) mass is 736 g/mol. The second kappa shape index (κ2) is 16.5. The van der Waals surface area contributed by atoms with Crippen molar-refractivity contribution in [2.75, 3.05) is 67.1 Å². The maximum Gasteiger partial charge on any atom is 0.410 e. The molecular formula is C35H46Cl2N4O4S2. The summed E-state index contributed by atoms with van der Waals surface area (Å²) >= 11 is 12.2. The van der Waals surface area contributed by atoms with Gasteiger partial charge in [-0.05, 0) is 88.7 Å². The van der Waals surface area contributed by atoms with Gasteiger partial charge in [-0.1, -0.05) is 12.1 Å². The molecule has 2 aromatic carbocycles. The van der Waals surface area contributed by atoms with Crippen molar-refractivity contribution in [1.29, 1.82) is 0 Å². The van der Waals surface area contributed by atoms with Gasteiger partial charge in [0.1, 0.15) is 11.2 Å². The summed E-state index contributed by atoms with van der Waals surface area (Å²) in [5.41, 5.74) is -2.27. The molecule has 0 saturated carbocycles. The van der Waals surface area contributed by atoms with Crippen LogP contribution in [0.15, 0.2) is 59.3 Å². The number of halogens is 2. The number of hydrogen-bond acceptors (Lipinski definition) is 8. The van der Waals surface area contributed by atoms with Gasteiger partial charge in [-0.2, -0.15) is 0 Å². The number of thiophene rings is 2. The van der Waals surface area contributed by atoms with E-state index in [1.807, 2.05) is 0 Å². The molecule has 47 heavy (non-hydrogen) atoms. The van der Waals surface area contributed by atoms with Crippen molar-refractivity contribution in [3.05, 3.63) is 59.3 Å². The van der Waals surface area contributed by atoms with Gasteiger partial charge in [-0.25, -0.2) is 9.59 Å². The molecule has 2 aliphatic rings. The lowest BCUT2D eigenvalue weighted by Crippen LogP contribution is -2.50. The van der Waals surface area contributed by atoms with E-state index in [9.17, 15) is 9.59 Å². The lowest BCUT2D eigenvalue weighted by molar-refractivity contribution is 0.0230. The molecule has 4 aromatic rings. The molecule has 6 rings (SSSR count). The number of rotatable bonds is 2. The third kappa shape index (κ3) is 10.5. The van der Waals surface area contributed by atoms with E-state index in [1.165, 1.54) is 76.3 Å². The largest absolute Gasteiger partial charge is 0.444 e. The van der Waals surface area contributed by atoms with Gasteiger partial charge in [0.05, 0.1) is 27.3 Å². The van der Waals surface area contributed by atoms with E-state index in [1.54, 1.807) is 47.2 Å². The molecule has 4 heterocycles. The number of anilines is 2. The van der Waals surface area contributed by atoms with Crippen LogP contribution in [-0.2, 0) is 9.47 Å². The first-order valence-corrected chi connectivity index (χ1v) is 16.9. The fourth-order valence-corrected chi connectivity index (χ4v) is 5.51. The SMILES string of the molecule is ClCCl.[2H]C1([2H])N(C(=O)OC(C)(C)C)C([2H])([2H])C([2H])([2H])N(c2cccc3sccc23)C1([2H])[2H].[2H]C1([2H])N(C(=O)OC(C)(C)C)C([2H])([2H])C([2H])([2H])N(c2cccc3sccc23)C1([2H])[2H]. The molecule has 0 unspecified atom stereocenters. The van der Waals surface area contributed by atoms with Gasteiger partial charge >= 0.3 is 12.2 Å². The van der Waals surface area contributed by atoms with Crippen LogP contribution >= 0.6 is 45.9 Å². The van der Waals surface area contributed by atoms with E-state index in [0.29, 0.717) is 30.0 Å². The highest BCUT2D eigenvalue weighted by Crippen LogP contribution is 2.32. The second-order valence-electron chi connectivity index (χ2n) is 11.5. The zero-order valence-corrected chi connectivity index (χ0v) is 29.6. The number of hydrogen-bond donors (Lipinski definition) is 0. The number of alkyl halides is 2. The van der Waals surface area contributed by atoms with Crippen LogP contribution in [0.25, 0.3) is 20.2 Å². The van der Waals surface area contributed by atoms with Crippen LogP contribution in [0.5, 0.6) is 0 Å². The van der Waals surface area contributed by atoms with Crippen LogP contribution in [0.2, 0.25) is 0 Å². The summed E-state index contributed by atoms with van der Waals surface area (Å²) in [5, 5.41) is 4.54. The summed E-state index contributed by atoms with van der Waals surface area (Å²) in [6.07, 6.45) is -2.97. The minimum absolute atomic E-state index is 0.0136. The van der Waals surface area contributed by atoms with Crippen molar-refractivity contribution in [1.82, 2.24) is 9.80 Å². The van der Waals surface area contributed by atoms with Crippen LogP contribution in [-0.4, -0.2) is 90.5 Å². The van der Waals surface area contributed by atoms with E-state index < -0.39 is 75.4 Å². The fraction of sp³-hybridized carbons (Fsp3) is 0.486. The number of benzene rings is 2. The van der Waals surface area contributed by atoms with Gasteiger partial charge in [0.15, 0.2) is 0 Å². The predicted octanol–water partition coefficient (Wildman–Crippen LogP) is 9.34. The molecule has 2 amide bonds. The number of nitrogens with zero attached hydrogens (tertiary/aromatic N) is 4. The topological polar surface area (TPSA) is 65.6 Å². The molecule has 12 heteroatoms. The van der Waals surface area contributed by atoms with E-state index in [2.05, 4.69) is 0 Å². The minimum Gasteiger partial charge on any atom is -0.444 e. The Hall–Kier alpha value is -2.92. The zero-order valence-electron chi connectivity index (χ0n) is 42.5. The first kappa shape index (κ1) is 20.6. The highest BCUT2D eigenvalue weighted by molar-refractivity contribution is 7.17. The Morgan fingerprint density at radius 2 is 1.00 bits per heavy atom. The molecule has 0 spiro atoms. The lowest BCUT2D eigenvalue weighted by Gasteiger charge is -2.37. The fourth-order valence-electron chi connectivity index (χ4n) is 3.90. The van der Waals surface area contributed by atoms with E-state index in [-0.39, 0.29) is 26.5 Å². The number of fused-ring (bicyclic) bond motifs is 2. The Kier molecular flexibility index (Phi) is 7.20. The van der Waals surface area contributed by atoms with Gasteiger partial charge in [0.25, 0.3) is 0 Å². The van der Waals surface area contributed by atoms with Gasteiger partial charge in [0.2, 0.25) is 0 Å². The molecule has 0 atom stereocenters. The summed E-state index contributed by atoms with van der Waals surface area (Å²) < 4.78 is 147. The Bertz CT molecular complexity index is 2100. The molecule has 256 valence electrons. The van der Waals surface area contributed by atoms with Gasteiger partial charge in [-0.15, -0.1) is 45.9 Å². The Morgan fingerprint density at radius 3 is 1.32 bits per heavy atom. The molecule has 0 aliphatic carbocycles. The molecule has 2 fully saturated rings. The smallest absolute Gasteiger partial charge is 0.410 e. The van der Waals surface area contributed by atoms with Gasteiger partial charge in [0, 0.05) is 83.5 Å². The third-order valence-corrected chi connectivity index (χ3v) is 7.44. The standard InChI is InChI=1S/2C17H22N2O2S.CH2Cl2/c2*1-17(2,3)21-16(20)19-10-8-18(9-11-19)14-5-4-6-15-13(14)7-12-22-15;2-1-3/h2*4-7,12H,8-11H2,1-3H3;1H2/i2*8D2,9D2,10D2,11D2;. The first-order valence-electron chi connectivity index (χ1n) is 22.1. The van der Waals surface area contributed by atoms with E-state index in [4.69, 9.17) is 54.6 Å². The second-order valence-corrected chi connectivity index (χ2v) is 14.2. The number of ether oxygens (including phenoxy) is 2. The summed E-state index contributed by atoms with van der Waals surface area (Å²) in [6, 6.07) is 12.7. The van der Waals surface area contributed by atoms with Crippen LogP contribution in [0.4, 0.5) is 21.0 Å². The highest BCUT2D eigenvalue weighted by atomic mass is 35.5. The third-order valence-electron chi connectivity index (χ3n) is 5.67. The molecule has 2 aromatic heterocycles. The van der Waals surface area contributed by atoms with Crippen LogP contribution in [0.1, 0.15) is 63.5 Å². The molecule has 0 radical (unpaired) electrons. The van der Waals surface area contributed by atoms with Crippen LogP contribution in [0.3, 0.4) is 0 Å². The minimum atomic E-state index is -3.28. The van der Waals surface area contributed by atoms with Crippen LogP contribution in [0, 0.1) is 0 Å². The number of piperazine rings is 2. The highest BCUT2D eigenvalue weighted by Gasteiger charge is 2.28. The van der Waals surface area contributed by atoms with Crippen molar-refractivity contribution >= 4 is 89.6 Å². The number of amides is 2. The van der Waals surface area contributed by atoms with Crippen molar-refractivity contribution in [2.45, 2.75) is 52.7 Å².